The highest BCUT2D eigenvalue weighted by atomic mass is 79.9. The zero-order valence-electron chi connectivity index (χ0n) is 16.5. The highest BCUT2D eigenvalue weighted by Gasteiger charge is 2.54. The van der Waals surface area contributed by atoms with Crippen molar-refractivity contribution in [2.45, 2.75) is 38.5 Å². The molecule has 3 aromatic rings. The number of nitrogens with zero attached hydrogens (tertiary/aromatic N) is 5. The first kappa shape index (κ1) is 18.4. The minimum absolute atomic E-state index is 0.207. The average Bonchev–Trinajstić information content (AvgIpc) is 3.02. The monoisotopic (exact) mass is 455 g/mol. The van der Waals surface area contributed by atoms with Gasteiger partial charge >= 0.3 is 6.09 Å². The van der Waals surface area contributed by atoms with Gasteiger partial charge in [-0.25, -0.2) is 14.3 Å². The van der Waals surface area contributed by atoms with Gasteiger partial charge in [0.15, 0.2) is 5.65 Å². The lowest BCUT2D eigenvalue weighted by molar-refractivity contribution is -0.0309. The first-order valence-electron chi connectivity index (χ1n) is 9.66. The highest BCUT2D eigenvalue weighted by molar-refractivity contribution is 9.10. The molecule has 2 aliphatic rings. The Morgan fingerprint density at radius 3 is 2.52 bits per heavy atom. The molecule has 2 fully saturated rings. The Hall–Kier alpha value is -2.61. The van der Waals surface area contributed by atoms with Crippen LogP contribution in [0, 0.1) is 0 Å². The molecular weight excluding hydrogens is 434 g/mol. The number of piperazine rings is 1. The van der Waals surface area contributed by atoms with Crippen molar-refractivity contribution in [2.24, 2.45) is 0 Å². The molecule has 0 aliphatic carbocycles. The van der Waals surface area contributed by atoms with Crippen LogP contribution >= 0.6 is 15.9 Å². The molecule has 2 atom stereocenters. The van der Waals surface area contributed by atoms with E-state index in [1.807, 2.05) is 38.1 Å². The largest absolute Gasteiger partial charge is 0.444 e. The summed E-state index contributed by atoms with van der Waals surface area (Å²) in [5.74, 6) is 0. The Morgan fingerprint density at radius 2 is 1.86 bits per heavy atom. The Morgan fingerprint density at radius 1 is 1.10 bits per heavy atom. The zero-order chi connectivity index (χ0) is 20.3. The second kappa shape index (κ2) is 6.45. The van der Waals surface area contributed by atoms with E-state index in [-0.39, 0.29) is 12.1 Å². The van der Waals surface area contributed by atoms with Crippen molar-refractivity contribution >= 4 is 33.4 Å². The summed E-state index contributed by atoms with van der Waals surface area (Å²) in [4.78, 5) is 20.9. The van der Waals surface area contributed by atoms with Crippen LogP contribution in [0.5, 0.6) is 0 Å². The molecule has 5 rings (SSSR count). The highest BCUT2D eigenvalue weighted by Crippen LogP contribution is 2.38. The second-order valence-electron chi connectivity index (χ2n) is 8.57. The number of likely N-dealkylation sites (tertiary alicyclic amines) is 1. The third-order valence-electron chi connectivity index (χ3n) is 5.49. The molecule has 0 bridgehead atoms. The standard InChI is InChI=1S/C21H22BrN5O2/c1-21(2,3)29-20(28)26-12-17-18(26)11-25(17)15-6-4-13(5-7-15)14-8-23-19-16(22)9-24-27(19)10-14/h4-10,17-18H,11-12H2,1-3H3/t17?,18-/m1/s1. The lowest BCUT2D eigenvalue weighted by Gasteiger charge is -2.62. The van der Waals surface area contributed by atoms with Crippen LogP contribution in [0.25, 0.3) is 16.8 Å². The van der Waals surface area contributed by atoms with Gasteiger partial charge in [0.1, 0.15) is 5.60 Å². The van der Waals surface area contributed by atoms with Gasteiger partial charge < -0.3 is 9.64 Å². The molecule has 8 heteroatoms. The quantitative estimate of drug-likeness (QED) is 0.584. The molecule has 0 radical (unpaired) electrons. The topological polar surface area (TPSA) is 63.0 Å². The lowest BCUT2D eigenvalue weighted by atomic mass is 9.85. The van der Waals surface area contributed by atoms with Crippen LogP contribution in [0.1, 0.15) is 20.8 Å². The molecule has 7 nitrogen and oxygen atoms in total. The number of benzene rings is 1. The summed E-state index contributed by atoms with van der Waals surface area (Å²) in [5, 5.41) is 4.30. The van der Waals surface area contributed by atoms with E-state index in [0.29, 0.717) is 6.04 Å². The van der Waals surface area contributed by atoms with Gasteiger partial charge in [-0.05, 0) is 54.4 Å². The lowest BCUT2D eigenvalue weighted by Crippen LogP contribution is -2.80. The van der Waals surface area contributed by atoms with E-state index >= 15 is 0 Å². The van der Waals surface area contributed by atoms with E-state index in [9.17, 15) is 4.79 Å². The second-order valence-corrected chi connectivity index (χ2v) is 9.42. The van der Waals surface area contributed by atoms with Crippen LogP contribution < -0.4 is 4.90 Å². The van der Waals surface area contributed by atoms with Crippen molar-refractivity contribution in [1.82, 2.24) is 19.5 Å². The van der Waals surface area contributed by atoms with Gasteiger partial charge in [-0.3, -0.25) is 4.90 Å². The molecule has 29 heavy (non-hydrogen) atoms. The Balaban J connectivity index is 1.26. The number of rotatable bonds is 2. The first-order chi connectivity index (χ1) is 13.8. The van der Waals surface area contributed by atoms with Crippen LogP contribution in [0.2, 0.25) is 0 Å². The summed E-state index contributed by atoms with van der Waals surface area (Å²) < 4.78 is 8.14. The Bertz CT molecular complexity index is 1090. The van der Waals surface area contributed by atoms with Gasteiger partial charge in [-0.15, -0.1) is 0 Å². The maximum absolute atomic E-state index is 12.2. The third kappa shape index (κ3) is 3.15. The van der Waals surface area contributed by atoms with Crippen LogP contribution in [-0.4, -0.2) is 56.4 Å². The number of carbonyl (C=O) groups excluding carboxylic acids is 1. The summed E-state index contributed by atoms with van der Waals surface area (Å²) in [6, 6.07) is 9.11. The summed E-state index contributed by atoms with van der Waals surface area (Å²) in [5.41, 5.74) is 3.63. The van der Waals surface area contributed by atoms with E-state index in [1.54, 1.807) is 10.7 Å². The fourth-order valence-corrected chi connectivity index (χ4v) is 4.30. The van der Waals surface area contributed by atoms with Crippen LogP contribution in [0.4, 0.5) is 10.5 Å². The van der Waals surface area contributed by atoms with E-state index in [1.165, 1.54) is 5.69 Å². The normalized spacial score (nSPS) is 20.8. The Kier molecular flexibility index (Phi) is 4.10. The summed E-state index contributed by atoms with van der Waals surface area (Å²) >= 11 is 3.45. The SMILES string of the molecule is CC(C)(C)OC(=O)N1CC2[C@H]1CN2c1ccc(-c2cnc3c(Br)cnn3c2)cc1. The molecule has 2 aromatic heterocycles. The maximum Gasteiger partial charge on any atom is 0.410 e. The smallest absolute Gasteiger partial charge is 0.410 e. The number of ether oxygens (including phenoxy) is 1. The third-order valence-corrected chi connectivity index (χ3v) is 6.05. The molecule has 2 saturated heterocycles. The van der Waals surface area contributed by atoms with Crippen molar-refractivity contribution in [2.75, 3.05) is 18.0 Å². The molecule has 150 valence electrons. The molecule has 2 aliphatic heterocycles. The van der Waals surface area contributed by atoms with Crippen molar-refractivity contribution in [3.63, 3.8) is 0 Å². The molecule has 4 heterocycles. The van der Waals surface area contributed by atoms with Gasteiger partial charge in [-0.2, -0.15) is 5.10 Å². The molecule has 0 spiro atoms. The van der Waals surface area contributed by atoms with Crippen LogP contribution in [0.3, 0.4) is 0 Å². The molecule has 1 amide bonds. The number of hydrogen-bond donors (Lipinski definition) is 0. The summed E-state index contributed by atoms with van der Waals surface area (Å²) in [6.07, 6.45) is 5.38. The number of amides is 1. The van der Waals surface area contributed by atoms with E-state index < -0.39 is 5.60 Å². The molecule has 0 saturated carbocycles. The van der Waals surface area contributed by atoms with Gasteiger partial charge in [0.2, 0.25) is 0 Å². The van der Waals surface area contributed by atoms with E-state index in [2.05, 4.69) is 55.2 Å². The zero-order valence-corrected chi connectivity index (χ0v) is 18.1. The molecule has 0 N–H and O–H groups in total. The molecular formula is C21H22BrN5O2. The maximum atomic E-state index is 12.2. The summed E-state index contributed by atoms with van der Waals surface area (Å²) in [6.45, 7) is 7.26. The number of hydrogen-bond acceptors (Lipinski definition) is 5. The van der Waals surface area contributed by atoms with Crippen molar-refractivity contribution in [3.05, 3.63) is 47.3 Å². The van der Waals surface area contributed by atoms with Gasteiger partial charge in [0.25, 0.3) is 0 Å². The minimum Gasteiger partial charge on any atom is -0.444 e. The number of aromatic nitrogens is 3. The first-order valence-corrected chi connectivity index (χ1v) is 10.4. The van der Waals surface area contributed by atoms with E-state index in [0.717, 1.165) is 34.3 Å². The predicted molar refractivity (Wildman–Crippen MR) is 114 cm³/mol. The van der Waals surface area contributed by atoms with Gasteiger partial charge in [0.05, 0.1) is 22.8 Å². The molecule has 1 unspecified atom stereocenters. The van der Waals surface area contributed by atoms with Gasteiger partial charge in [-0.1, -0.05) is 12.1 Å². The van der Waals surface area contributed by atoms with Crippen LogP contribution in [-0.2, 0) is 4.74 Å². The van der Waals surface area contributed by atoms with Crippen molar-refractivity contribution in [3.8, 4) is 11.1 Å². The Labute approximate surface area is 177 Å². The predicted octanol–water partition coefficient (Wildman–Crippen LogP) is 3.97. The summed E-state index contributed by atoms with van der Waals surface area (Å²) in [7, 11) is 0. The van der Waals surface area contributed by atoms with Crippen LogP contribution in [0.15, 0.2) is 47.3 Å². The van der Waals surface area contributed by atoms with Crippen molar-refractivity contribution in [1.29, 1.82) is 0 Å². The number of carbonyl (C=O) groups is 1. The fraction of sp³-hybridized carbons (Fsp3) is 0.381. The van der Waals surface area contributed by atoms with E-state index in [4.69, 9.17) is 4.74 Å². The minimum atomic E-state index is -0.453. The molecule has 1 aromatic carbocycles. The number of fused-ring (bicyclic) bond motifs is 2. The fourth-order valence-electron chi connectivity index (χ4n) is 3.92. The number of anilines is 1. The average molecular weight is 456 g/mol. The van der Waals surface area contributed by atoms with Gasteiger partial charge in [0, 0.05) is 36.7 Å². The van der Waals surface area contributed by atoms with Crippen molar-refractivity contribution < 1.29 is 9.53 Å². The number of halogens is 1.